The second-order valence-electron chi connectivity index (χ2n) is 6.51. The van der Waals surface area contributed by atoms with Crippen molar-refractivity contribution in [1.29, 1.82) is 0 Å². The van der Waals surface area contributed by atoms with E-state index in [0.29, 0.717) is 11.7 Å². The highest BCUT2D eigenvalue weighted by Gasteiger charge is 2.27. The molecule has 0 aromatic heterocycles. The molecule has 1 aliphatic heterocycles. The zero-order valence-electron chi connectivity index (χ0n) is 14.8. The summed E-state index contributed by atoms with van der Waals surface area (Å²) in [6, 6.07) is 7.80. The maximum Gasteiger partial charge on any atom is 0.313 e. The van der Waals surface area contributed by atoms with Crippen LogP contribution in [-0.4, -0.2) is 49.0 Å². The van der Waals surface area contributed by atoms with Crippen LogP contribution in [0.3, 0.4) is 0 Å². The van der Waals surface area contributed by atoms with Crippen molar-refractivity contribution in [2.24, 2.45) is 0 Å². The Morgan fingerprint density at radius 3 is 2.62 bits per heavy atom. The summed E-state index contributed by atoms with van der Waals surface area (Å²) in [6.07, 6.45) is 0.800. The summed E-state index contributed by atoms with van der Waals surface area (Å²) in [6.45, 7) is 7.92. The van der Waals surface area contributed by atoms with E-state index >= 15 is 0 Å². The molecule has 2 amide bonds. The molecule has 2 rings (SSSR count). The van der Waals surface area contributed by atoms with E-state index in [1.165, 1.54) is 0 Å². The third kappa shape index (κ3) is 4.79. The third-order valence-corrected chi connectivity index (χ3v) is 4.46. The van der Waals surface area contributed by atoms with Gasteiger partial charge in [0, 0.05) is 38.0 Å². The van der Waals surface area contributed by atoms with E-state index in [0.717, 1.165) is 25.1 Å². The van der Waals surface area contributed by atoms with Crippen LogP contribution >= 0.6 is 0 Å². The van der Waals surface area contributed by atoms with Gasteiger partial charge in [-0.2, -0.15) is 0 Å². The van der Waals surface area contributed by atoms with E-state index in [1.807, 2.05) is 25.1 Å². The molecule has 0 spiro atoms. The van der Waals surface area contributed by atoms with Crippen LogP contribution < -0.4 is 10.6 Å². The van der Waals surface area contributed by atoms with Crippen molar-refractivity contribution >= 4 is 17.5 Å². The van der Waals surface area contributed by atoms with E-state index in [1.54, 1.807) is 13.2 Å². The molecule has 24 heavy (non-hydrogen) atoms. The number of hydrogen-bond donors (Lipinski definition) is 2. The number of rotatable bonds is 5. The predicted molar refractivity (Wildman–Crippen MR) is 93.8 cm³/mol. The van der Waals surface area contributed by atoms with E-state index in [-0.39, 0.29) is 12.1 Å². The zero-order valence-corrected chi connectivity index (χ0v) is 14.8. The van der Waals surface area contributed by atoms with Crippen molar-refractivity contribution in [1.82, 2.24) is 10.2 Å². The first-order chi connectivity index (χ1) is 11.4. The molecule has 1 aliphatic rings. The molecule has 0 aliphatic carbocycles. The van der Waals surface area contributed by atoms with Crippen LogP contribution in [0.5, 0.6) is 0 Å². The lowest BCUT2D eigenvalue weighted by molar-refractivity contribution is -0.136. The van der Waals surface area contributed by atoms with Crippen LogP contribution in [0.25, 0.3) is 0 Å². The van der Waals surface area contributed by atoms with Gasteiger partial charge in [-0.3, -0.25) is 14.5 Å². The lowest BCUT2D eigenvalue weighted by Crippen LogP contribution is -2.43. The summed E-state index contributed by atoms with van der Waals surface area (Å²) in [5, 5.41) is 5.46. The molecular weight excluding hydrogens is 306 g/mol. The second kappa shape index (κ2) is 8.26. The Kier molecular flexibility index (Phi) is 6.34. The Morgan fingerprint density at radius 2 is 2.00 bits per heavy atom. The molecule has 0 unspecified atom stereocenters. The van der Waals surface area contributed by atoms with Gasteiger partial charge < -0.3 is 15.4 Å². The summed E-state index contributed by atoms with van der Waals surface area (Å²) < 4.78 is 5.26. The van der Waals surface area contributed by atoms with Gasteiger partial charge >= 0.3 is 11.8 Å². The fourth-order valence-electron chi connectivity index (χ4n) is 2.82. The highest BCUT2D eigenvalue weighted by atomic mass is 16.5. The number of nitrogens with one attached hydrogen (secondary N) is 2. The van der Waals surface area contributed by atoms with Crippen LogP contribution in [0.1, 0.15) is 38.9 Å². The Morgan fingerprint density at radius 1 is 1.25 bits per heavy atom. The van der Waals surface area contributed by atoms with Gasteiger partial charge in [0.05, 0.1) is 6.10 Å². The van der Waals surface area contributed by atoms with Gasteiger partial charge in [-0.25, -0.2) is 0 Å². The fraction of sp³-hybridized carbons (Fsp3) is 0.556. The number of nitrogens with zero attached hydrogens (tertiary/aromatic N) is 1. The van der Waals surface area contributed by atoms with Gasteiger partial charge in [-0.15, -0.1) is 0 Å². The first-order valence-electron chi connectivity index (χ1n) is 8.39. The van der Waals surface area contributed by atoms with Crippen LogP contribution in [-0.2, 0) is 14.3 Å². The number of amides is 2. The molecule has 0 bridgehead atoms. The van der Waals surface area contributed by atoms with Gasteiger partial charge in [-0.05, 0) is 44.9 Å². The van der Waals surface area contributed by atoms with Gasteiger partial charge in [0.1, 0.15) is 0 Å². The Bertz CT molecular complexity index is 589. The molecule has 6 heteroatoms. The molecular formula is C18H27N3O3. The molecule has 2 N–H and O–H groups in total. The average Bonchev–Trinajstić information content (AvgIpc) is 3.03. The standard InChI is InChI=1S/C18H27N3O3/c1-12(2)21-9-8-16(11-21)20-18(23)17(22)19-15-7-5-6-14(10-15)13(3)24-4/h5-7,10,12-13,16H,8-9,11H2,1-4H3,(H,19,22)(H,20,23)/t13-,16-/m1/s1. The number of hydrogen-bond acceptors (Lipinski definition) is 4. The zero-order chi connectivity index (χ0) is 17.7. The van der Waals surface area contributed by atoms with Gasteiger partial charge in [0.15, 0.2) is 0 Å². The third-order valence-electron chi connectivity index (χ3n) is 4.46. The maximum atomic E-state index is 12.1. The van der Waals surface area contributed by atoms with Crippen LogP contribution in [0.4, 0.5) is 5.69 Å². The lowest BCUT2D eigenvalue weighted by atomic mass is 10.1. The number of anilines is 1. The second-order valence-corrected chi connectivity index (χ2v) is 6.51. The maximum absolute atomic E-state index is 12.1. The molecule has 1 heterocycles. The van der Waals surface area contributed by atoms with Crippen LogP contribution in [0, 0.1) is 0 Å². The van der Waals surface area contributed by atoms with Crippen molar-refractivity contribution in [2.45, 2.75) is 45.4 Å². The van der Waals surface area contributed by atoms with Gasteiger partial charge in [0.2, 0.25) is 0 Å². The number of carbonyl (C=O) groups is 2. The summed E-state index contributed by atoms with van der Waals surface area (Å²) in [5.74, 6) is -1.23. The molecule has 1 saturated heterocycles. The van der Waals surface area contributed by atoms with Crippen molar-refractivity contribution in [2.75, 3.05) is 25.5 Å². The first-order valence-corrected chi connectivity index (χ1v) is 8.39. The molecule has 6 nitrogen and oxygen atoms in total. The lowest BCUT2D eigenvalue weighted by Gasteiger charge is -2.20. The van der Waals surface area contributed by atoms with Crippen molar-refractivity contribution in [3.05, 3.63) is 29.8 Å². The number of likely N-dealkylation sites (tertiary alicyclic amines) is 1. The first kappa shape index (κ1) is 18.4. The van der Waals surface area contributed by atoms with Gasteiger partial charge in [-0.1, -0.05) is 12.1 Å². The summed E-state index contributed by atoms with van der Waals surface area (Å²) >= 11 is 0. The van der Waals surface area contributed by atoms with Crippen LogP contribution in [0.2, 0.25) is 0 Å². The minimum atomic E-state index is -0.639. The monoisotopic (exact) mass is 333 g/mol. The van der Waals surface area contributed by atoms with Crippen LogP contribution in [0.15, 0.2) is 24.3 Å². The molecule has 0 saturated carbocycles. The Labute approximate surface area is 143 Å². The fourth-order valence-corrected chi connectivity index (χ4v) is 2.82. The van der Waals surface area contributed by atoms with Crippen molar-refractivity contribution in [3.8, 4) is 0 Å². The topological polar surface area (TPSA) is 70.7 Å². The van der Waals surface area contributed by atoms with E-state index < -0.39 is 11.8 Å². The summed E-state index contributed by atoms with van der Waals surface area (Å²) in [7, 11) is 1.63. The smallest absolute Gasteiger partial charge is 0.313 e. The quantitative estimate of drug-likeness (QED) is 0.808. The molecule has 1 aromatic carbocycles. The minimum Gasteiger partial charge on any atom is -0.377 e. The Balaban J connectivity index is 1.89. The van der Waals surface area contributed by atoms with Crippen molar-refractivity contribution in [3.63, 3.8) is 0 Å². The Hall–Kier alpha value is -1.92. The van der Waals surface area contributed by atoms with E-state index in [9.17, 15) is 9.59 Å². The minimum absolute atomic E-state index is 0.0329. The average molecular weight is 333 g/mol. The highest BCUT2D eigenvalue weighted by molar-refractivity contribution is 6.39. The van der Waals surface area contributed by atoms with Gasteiger partial charge in [0.25, 0.3) is 0 Å². The van der Waals surface area contributed by atoms with E-state index in [2.05, 4.69) is 29.4 Å². The SMILES string of the molecule is CO[C@H](C)c1cccc(NC(=O)C(=O)N[C@@H]2CCN(C(C)C)C2)c1. The summed E-state index contributed by atoms with van der Waals surface area (Å²) in [5.41, 5.74) is 1.53. The normalized spacial score (nSPS) is 19.3. The largest absolute Gasteiger partial charge is 0.377 e. The predicted octanol–water partition coefficient (Wildman–Crippen LogP) is 1.93. The molecule has 132 valence electrons. The molecule has 0 radical (unpaired) electrons. The molecule has 2 atom stereocenters. The number of ether oxygens (including phenoxy) is 1. The highest BCUT2D eigenvalue weighted by Crippen LogP contribution is 2.19. The molecule has 1 fully saturated rings. The van der Waals surface area contributed by atoms with E-state index in [4.69, 9.17) is 4.74 Å². The molecule has 1 aromatic rings. The number of carbonyl (C=O) groups excluding carboxylic acids is 2. The van der Waals surface area contributed by atoms with Crippen molar-refractivity contribution < 1.29 is 14.3 Å². The summed E-state index contributed by atoms with van der Waals surface area (Å²) in [4.78, 5) is 26.5. The number of benzene rings is 1. The number of methoxy groups -OCH3 is 1.